The van der Waals surface area contributed by atoms with Crippen molar-refractivity contribution in [2.75, 3.05) is 11.4 Å². The number of aliphatic hydroxyl groups excluding tert-OH is 2. The molecule has 0 aliphatic carbocycles. The van der Waals surface area contributed by atoms with Gasteiger partial charge in [-0.05, 0) is 129 Å². The second-order valence-corrected chi connectivity index (χ2v) is 24.7. The summed E-state index contributed by atoms with van der Waals surface area (Å²) >= 11 is 1.57. The van der Waals surface area contributed by atoms with Gasteiger partial charge in [0.15, 0.2) is 0 Å². The number of amides is 6. The molecule has 6 amide bonds. The van der Waals surface area contributed by atoms with Crippen molar-refractivity contribution in [3.8, 4) is 10.4 Å². The minimum Gasteiger partial charge on any atom is -0.478 e. The highest BCUT2D eigenvalue weighted by Crippen LogP contribution is 2.40. The van der Waals surface area contributed by atoms with E-state index in [0.29, 0.717) is 42.3 Å². The maximum atomic E-state index is 14.5. The third-order valence-corrected chi connectivity index (χ3v) is 17.5. The lowest BCUT2D eigenvalue weighted by molar-refractivity contribution is -0.144. The number of nitrogens with one attached hydrogen (secondary N) is 5. The summed E-state index contributed by atoms with van der Waals surface area (Å²) in [6.45, 7) is 11.4. The summed E-state index contributed by atoms with van der Waals surface area (Å²) in [5.74, 6) is -3.58. The SMILES string of the molecule is Cc1ncsc1-c1ccc([C@H](C)NC(=O)[C@@H]2C[C@@H](O)CN2C(=O)[C@@H](NC(=O)CCCCc2ccc(CO[C@H](C)[C@H](CCC(N)O)NC(=O)[C@@H]3Cc4cccc5c4N3C(=O)[C@@H](NC(=O)c3cc4cc(C(=O)O)ccc4[nH]3)CC5)cc2)C(C)(C)C)cc1. The number of carboxylic acids is 1. The van der Waals surface area contributed by atoms with E-state index >= 15 is 0 Å². The van der Waals surface area contributed by atoms with E-state index in [-0.39, 0.29) is 80.8 Å². The molecule has 3 aliphatic rings. The van der Waals surface area contributed by atoms with Crippen LogP contribution in [0, 0.1) is 12.3 Å². The number of anilines is 1. The molecule has 0 radical (unpaired) electrons. The largest absolute Gasteiger partial charge is 0.478 e. The van der Waals surface area contributed by atoms with Gasteiger partial charge in [0.05, 0.1) is 58.2 Å². The third-order valence-electron chi connectivity index (χ3n) is 16.5. The molecule has 21 heteroatoms. The summed E-state index contributed by atoms with van der Waals surface area (Å²) < 4.78 is 6.35. The third kappa shape index (κ3) is 14.6. The molecule has 3 aliphatic heterocycles. The number of thiazole rings is 1. The molecule has 0 spiro atoms. The summed E-state index contributed by atoms with van der Waals surface area (Å²) in [6, 6.07) is 22.8. The van der Waals surface area contributed by atoms with Crippen LogP contribution in [0.4, 0.5) is 5.69 Å². The Hall–Kier alpha value is -7.82. The van der Waals surface area contributed by atoms with Crippen molar-refractivity contribution in [3.05, 3.63) is 141 Å². The van der Waals surface area contributed by atoms with Crippen LogP contribution in [0.5, 0.6) is 0 Å². The Morgan fingerprint density at radius 3 is 2.29 bits per heavy atom. The minimum absolute atomic E-state index is 0.0237. The number of para-hydroxylation sites is 1. The van der Waals surface area contributed by atoms with Gasteiger partial charge >= 0.3 is 5.97 Å². The minimum atomic E-state index is -1.14. The number of benzene rings is 4. The highest BCUT2D eigenvalue weighted by atomic mass is 32.1. The molecule has 0 saturated carbocycles. The fourth-order valence-electron chi connectivity index (χ4n) is 11.7. The Kier molecular flexibility index (Phi) is 19.3. The average molecular weight is 1180 g/mol. The number of rotatable bonds is 23. The number of carbonyl (C=O) groups is 7. The molecular formula is C64H77N9O11S. The number of hydrogen-bond acceptors (Lipinski definition) is 13. The van der Waals surface area contributed by atoms with Crippen LogP contribution in [0.15, 0.2) is 96.5 Å². The van der Waals surface area contributed by atoms with E-state index in [1.54, 1.807) is 17.4 Å². The monoisotopic (exact) mass is 1180 g/mol. The van der Waals surface area contributed by atoms with Crippen molar-refractivity contribution in [3.63, 3.8) is 0 Å². The van der Waals surface area contributed by atoms with Crippen LogP contribution in [-0.4, -0.2) is 127 Å². The molecule has 0 bridgehead atoms. The number of aromatic amines is 1. The van der Waals surface area contributed by atoms with Crippen molar-refractivity contribution < 1.29 is 53.6 Å². The Morgan fingerprint density at radius 1 is 0.882 bits per heavy atom. The van der Waals surface area contributed by atoms with Gasteiger partial charge in [-0.1, -0.05) is 87.5 Å². The number of H-pyrrole nitrogens is 1. The lowest BCUT2D eigenvalue weighted by Gasteiger charge is -2.35. The second kappa shape index (κ2) is 26.6. The zero-order valence-electron chi connectivity index (χ0n) is 48.9. The summed E-state index contributed by atoms with van der Waals surface area (Å²) in [5, 5.41) is 42.8. The van der Waals surface area contributed by atoms with Gasteiger partial charge < -0.3 is 56.9 Å². The molecule has 1 unspecified atom stereocenters. The Bertz CT molecular complexity index is 3430. The summed E-state index contributed by atoms with van der Waals surface area (Å²) in [7, 11) is 0. The van der Waals surface area contributed by atoms with Gasteiger partial charge in [-0.25, -0.2) is 9.78 Å². The molecule has 85 heavy (non-hydrogen) atoms. The van der Waals surface area contributed by atoms with E-state index in [2.05, 4.69) is 31.2 Å². The van der Waals surface area contributed by atoms with Gasteiger partial charge in [0, 0.05) is 36.7 Å². The van der Waals surface area contributed by atoms with Gasteiger partial charge in [0.25, 0.3) is 5.91 Å². The van der Waals surface area contributed by atoms with Crippen LogP contribution in [0.3, 0.4) is 0 Å². The first kappa shape index (κ1) is 61.7. The number of nitrogens with two attached hydrogens (primary N) is 1. The molecule has 2 aromatic heterocycles. The molecule has 10 N–H and O–H groups in total. The van der Waals surface area contributed by atoms with Crippen molar-refractivity contribution in [1.29, 1.82) is 0 Å². The van der Waals surface area contributed by atoms with E-state index in [0.717, 1.165) is 44.0 Å². The maximum absolute atomic E-state index is 14.5. The van der Waals surface area contributed by atoms with Gasteiger partial charge in [0.1, 0.15) is 36.1 Å². The Balaban J connectivity index is 0.749. The molecule has 6 aromatic rings. The number of β-amino-alcohol motifs (C(OH)–C–C–N with tert-alkyl or cyclic N) is 1. The second-order valence-electron chi connectivity index (χ2n) is 23.9. The first-order valence-corrected chi connectivity index (χ1v) is 30.0. The Morgan fingerprint density at radius 2 is 1.60 bits per heavy atom. The number of carboxylic acid groups (broad SMARTS) is 1. The molecule has 9 atom stereocenters. The maximum Gasteiger partial charge on any atom is 0.335 e. The van der Waals surface area contributed by atoms with Gasteiger partial charge in [-0.2, -0.15) is 0 Å². The number of aromatic carboxylic acids is 1. The molecule has 20 nitrogen and oxygen atoms in total. The number of unbranched alkanes of at least 4 members (excludes halogenated alkanes) is 1. The molecule has 1 saturated heterocycles. The van der Waals surface area contributed by atoms with E-state index < -0.39 is 83.7 Å². The zero-order valence-corrected chi connectivity index (χ0v) is 49.7. The normalized spacial score (nSPS) is 19.3. The molecule has 1 fully saturated rings. The average Bonchev–Trinajstić information content (AvgIpc) is 1.82. The smallest absolute Gasteiger partial charge is 0.335 e. The lowest BCUT2D eigenvalue weighted by atomic mass is 9.85. The van der Waals surface area contributed by atoms with E-state index in [4.69, 9.17) is 10.5 Å². The predicted octanol–water partition coefficient (Wildman–Crippen LogP) is 6.53. The molecule has 9 rings (SSSR count). The number of carbonyl (C=O) groups excluding carboxylic acids is 6. The lowest BCUT2D eigenvalue weighted by Crippen LogP contribution is -2.57. The van der Waals surface area contributed by atoms with Gasteiger partial charge in [-0.3, -0.25) is 33.7 Å². The van der Waals surface area contributed by atoms with E-state index in [1.807, 2.05) is 114 Å². The zero-order chi connectivity index (χ0) is 60.9. The fourth-order valence-corrected chi connectivity index (χ4v) is 12.5. The number of aryl methyl sites for hydroxylation is 3. The number of fused-ring (bicyclic) bond motifs is 1. The summed E-state index contributed by atoms with van der Waals surface area (Å²) in [6.07, 6.45) is 1.07. The molecule has 4 aromatic carbocycles. The number of likely N-dealkylation sites (tertiary alicyclic amines) is 1. The van der Waals surface area contributed by atoms with E-state index in [1.165, 1.54) is 28.0 Å². The summed E-state index contributed by atoms with van der Waals surface area (Å²) in [4.78, 5) is 107. The quantitative estimate of drug-likeness (QED) is 0.0244. The van der Waals surface area contributed by atoms with Crippen LogP contribution in [-0.2, 0) is 54.6 Å². The van der Waals surface area contributed by atoms with Crippen LogP contribution >= 0.6 is 11.3 Å². The Labute approximate surface area is 498 Å². The first-order chi connectivity index (χ1) is 40.5. The standard InChI is InChI=1S/C64H77N9O11S/c1-35(40-18-20-42(21-19-40)56-36(2)66-34-85-56)67-59(78)51-31-46(74)32-72(51)62(81)57(64(4,5)6)71-54(76)13-8-7-10-38-14-16-39(17-15-38)33-84-37(3)47(26-27-53(65)75)69-60(79)52-30-43-12-9-11-41-22-25-49(61(80)73(52)55(41)43)70-58(77)50-29-45-28-44(63(82)83)23-24-48(45)68-50/h9,11-12,14-21,23-24,28-29,34-35,37,46-47,49,51-53,57,68,74-75H,7-8,10,13,22,25-27,30-33,65H2,1-6H3,(H,67,78)(H,69,79)(H,70,77)(H,71,76)(H,82,83)/t35-,37+,46+,47-,49-,51-,52-,53?,57+/m0/s1. The topological polar surface area (TPSA) is 299 Å². The predicted molar refractivity (Wildman–Crippen MR) is 322 cm³/mol. The number of hydrogen-bond donors (Lipinski definition) is 9. The van der Waals surface area contributed by atoms with Crippen molar-refractivity contribution >= 4 is 69.3 Å². The number of ether oxygens (including phenoxy) is 1. The number of nitrogens with zero attached hydrogens (tertiary/aromatic N) is 3. The fraction of sp³-hybridized carbons (Fsp3) is 0.438. The summed E-state index contributed by atoms with van der Waals surface area (Å²) in [5.41, 5.74) is 14.9. The van der Waals surface area contributed by atoms with Crippen LogP contribution in [0.2, 0.25) is 0 Å². The van der Waals surface area contributed by atoms with Crippen molar-refractivity contribution in [2.24, 2.45) is 11.1 Å². The van der Waals surface area contributed by atoms with Crippen LogP contribution in [0.25, 0.3) is 21.3 Å². The van der Waals surface area contributed by atoms with Crippen LogP contribution < -0.4 is 31.9 Å². The molecular weight excluding hydrogens is 1100 g/mol. The number of aromatic nitrogens is 2. The van der Waals surface area contributed by atoms with E-state index in [9.17, 15) is 48.9 Å². The first-order valence-electron chi connectivity index (χ1n) is 29.2. The van der Waals surface area contributed by atoms with Crippen molar-refractivity contribution in [2.45, 2.75) is 167 Å². The highest BCUT2D eigenvalue weighted by molar-refractivity contribution is 7.13. The van der Waals surface area contributed by atoms with Crippen molar-refractivity contribution in [1.82, 2.24) is 36.1 Å². The number of aliphatic hydroxyl groups is 2. The van der Waals surface area contributed by atoms with Gasteiger partial charge in [-0.15, -0.1) is 11.3 Å². The highest BCUT2D eigenvalue weighted by Gasteiger charge is 2.46. The molecule has 5 heterocycles. The van der Waals surface area contributed by atoms with Gasteiger partial charge in [0.2, 0.25) is 29.5 Å². The van der Waals surface area contributed by atoms with Crippen LogP contribution in [0.1, 0.15) is 140 Å². The molecule has 450 valence electrons.